The minimum atomic E-state index is -1.35. The highest BCUT2D eigenvalue weighted by molar-refractivity contribution is 6.31. The number of aliphatic hydroxyl groups excluding tert-OH is 1. The van der Waals surface area contributed by atoms with Gasteiger partial charge in [0, 0.05) is 36.1 Å². The number of nitrogens with one attached hydrogen (secondary N) is 3. The van der Waals surface area contributed by atoms with Gasteiger partial charge in [-0.15, -0.1) is 0 Å². The van der Waals surface area contributed by atoms with Crippen LogP contribution in [0.3, 0.4) is 0 Å². The first-order valence-electron chi connectivity index (χ1n) is 17.0. The summed E-state index contributed by atoms with van der Waals surface area (Å²) in [5, 5.41) is 18.6. The topological polar surface area (TPSA) is 161 Å². The lowest BCUT2D eigenvalue weighted by Crippen LogP contribution is -2.59. The Bertz CT molecular complexity index is 1660. The number of ether oxygens (including phenoxy) is 4. The predicted molar refractivity (Wildman–Crippen MR) is 189 cm³/mol. The van der Waals surface area contributed by atoms with Gasteiger partial charge in [-0.05, 0) is 53.1 Å². The lowest BCUT2D eigenvalue weighted by Gasteiger charge is -2.34. The molecule has 6 atom stereocenters. The predicted octanol–water partition coefficient (Wildman–Crippen LogP) is 4.60. The summed E-state index contributed by atoms with van der Waals surface area (Å²) in [5.41, 5.74) is 4.66. The number of aliphatic hydroxyl groups is 1. The molecule has 3 aromatic rings. The van der Waals surface area contributed by atoms with E-state index in [0.717, 1.165) is 16.7 Å². The molecule has 2 aromatic carbocycles. The molecular weight excluding hydrogens is 697 g/mol. The summed E-state index contributed by atoms with van der Waals surface area (Å²) in [5.74, 6) is -1.37. The molecule has 1 aromatic heterocycles. The fourth-order valence-electron chi connectivity index (χ4n) is 6.22. The van der Waals surface area contributed by atoms with Crippen LogP contribution in [0.25, 0.3) is 11.1 Å². The van der Waals surface area contributed by atoms with E-state index < -0.39 is 59.9 Å². The molecule has 3 amide bonds. The third-order valence-electron chi connectivity index (χ3n) is 9.08. The number of benzene rings is 2. The Morgan fingerprint density at radius 3 is 2.50 bits per heavy atom. The van der Waals surface area contributed by atoms with Crippen LogP contribution in [0.4, 0.5) is 14.0 Å². The Morgan fingerprint density at radius 1 is 1.06 bits per heavy atom. The van der Waals surface area contributed by atoms with Gasteiger partial charge in [-0.2, -0.15) is 0 Å². The number of aromatic nitrogens is 1. The fraction of sp³-hybridized carbons (Fsp3) is 0.459. The number of amides is 3. The second kappa shape index (κ2) is 17.5. The Balaban J connectivity index is 1.39. The average Bonchev–Trinajstić information content (AvgIpc) is 3.73. The molecule has 2 saturated heterocycles. The van der Waals surface area contributed by atoms with E-state index in [9.17, 15) is 19.5 Å². The Morgan fingerprint density at radius 2 is 1.83 bits per heavy atom. The van der Waals surface area contributed by atoms with Crippen LogP contribution >= 0.6 is 11.6 Å². The van der Waals surface area contributed by atoms with E-state index in [1.54, 1.807) is 33.2 Å². The molecule has 0 radical (unpaired) electrons. The normalized spacial score (nSPS) is 20.0. The maximum absolute atomic E-state index is 15.1. The zero-order chi connectivity index (χ0) is 37.4. The number of nitrogens with zero attached hydrogens (tertiary/aromatic N) is 2. The summed E-state index contributed by atoms with van der Waals surface area (Å²) in [6.07, 6.45) is 0.408. The summed E-state index contributed by atoms with van der Waals surface area (Å²) in [4.78, 5) is 43.4. The molecule has 0 aliphatic carbocycles. The van der Waals surface area contributed by atoms with Gasteiger partial charge in [-0.25, -0.2) is 19.0 Å². The maximum atomic E-state index is 15.1. The van der Waals surface area contributed by atoms with Crippen LogP contribution in [0.15, 0.2) is 67.0 Å². The summed E-state index contributed by atoms with van der Waals surface area (Å²) in [6.45, 7) is 5.38. The van der Waals surface area contributed by atoms with E-state index in [2.05, 4.69) is 21.0 Å². The Labute approximate surface area is 307 Å². The molecule has 3 heterocycles. The zero-order valence-electron chi connectivity index (χ0n) is 29.5. The van der Waals surface area contributed by atoms with Gasteiger partial charge >= 0.3 is 12.2 Å². The quantitative estimate of drug-likeness (QED) is 0.182. The number of halogens is 2. The van der Waals surface area contributed by atoms with Crippen LogP contribution in [-0.4, -0.2) is 90.6 Å². The number of methoxy groups -OCH3 is 1. The molecule has 15 heteroatoms. The highest BCUT2D eigenvalue weighted by atomic mass is 35.5. The standard InChI is InChI=1S/C37H45ClFN5O8/c1-37(2,3)32(42-35(47)49-4)33(46)43-44(19-26-27(38)8-5-9-28(26)39)20-30(45)29(41-36(48)52-31-21-51-34-25(31)14-16-50-34)17-22-10-12-23(13-11-22)24-7-6-15-40-18-24/h5-13,15,18,25,29-32,34,45H,14,16-17,19-21H2,1-4H3,(H,41,48)(H,42,47)(H,43,46). The van der Waals surface area contributed by atoms with Crippen molar-refractivity contribution < 1.29 is 42.8 Å². The molecule has 0 saturated carbocycles. The highest BCUT2D eigenvalue weighted by Gasteiger charge is 2.44. The highest BCUT2D eigenvalue weighted by Crippen LogP contribution is 2.33. The average molecular weight is 742 g/mol. The van der Waals surface area contributed by atoms with E-state index >= 15 is 4.39 Å². The maximum Gasteiger partial charge on any atom is 0.407 e. The monoisotopic (exact) mass is 741 g/mol. The minimum absolute atomic E-state index is 0.0642. The summed E-state index contributed by atoms with van der Waals surface area (Å²) in [6, 6.07) is 13.5. The van der Waals surface area contributed by atoms with E-state index in [1.165, 1.54) is 30.3 Å². The summed E-state index contributed by atoms with van der Waals surface area (Å²) in [7, 11) is 1.18. The van der Waals surface area contributed by atoms with Crippen LogP contribution < -0.4 is 16.1 Å². The molecular formula is C37H45ClFN5O8. The first-order valence-corrected chi connectivity index (χ1v) is 17.4. The number of carbonyl (C=O) groups is 3. The molecule has 2 aliphatic heterocycles. The van der Waals surface area contributed by atoms with Crippen LogP contribution in [-0.2, 0) is 36.7 Å². The van der Waals surface area contributed by atoms with Crippen molar-refractivity contribution in [2.75, 3.05) is 26.9 Å². The first-order chi connectivity index (χ1) is 24.8. The summed E-state index contributed by atoms with van der Waals surface area (Å²) < 4.78 is 36.7. The van der Waals surface area contributed by atoms with Crippen LogP contribution in [0.5, 0.6) is 0 Å². The van der Waals surface area contributed by atoms with Crippen molar-refractivity contribution in [1.29, 1.82) is 0 Å². The Kier molecular flexibility index (Phi) is 13.0. The lowest BCUT2D eigenvalue weighted by atomic mass is 9.86. The van der Waals surface area contributed by atoms with Gasteiger partial charge in [-0.3, -0.25) is 15.2 Å². The number of fused-ring (bicyclic) bond motifs is 1. The van der Waals surface area contributed by atoms with Crippen molar-refractivity contribution in [2.45, 2.75) is 70.7 Å². The molecule has 6 unspecified atom stereocenters. The molecule has 280 valence electrons. The second-order valence-corrected chi connectivity index (χ2v) is 14.3. The number of pyridine rings is 1. The lowest BCUT2D eigenvalue weighted by molar-refractivity contribution is -0.131. The van der Waals surface area contributed by atoms with Crippen LogP contribution in [0, 0.1) is 17.2 Å². The molecule has 52 heavy (non-hydrogen) atoms. The number of carbonyl (C=O) groups excluding carboxylic acids is 3. The fourth-order valence-corrected chi connectivity index (χ4v) is 6.45. The molecule has 2 aliphatic rings. The van der Waals surface area contributed by atoms with Gasteiger partial charge in [0.25, 0.3) is 5.91 Å². The first kappa shape index (κ1) is 38.9. The van der Waals surface area contributed by atoms with Gasteiger partial charge in [0.05, 0.1) is 38.4 Å². The largest absolute Gasteiger partial charge is 0.453 e. The SMILES string of the molecule is COC(=O)NC(C(=O)NN(Cc1c(F)cccc1Cl)CC(O)C(Cc1ccc(-c2cccnc2)cc1)NC(=O)OC1COC2OCCC12)C(C)(C)C. The molecule has 4 N–H and O–H groups in total. The second-order valence-electron chi connectivity index (χ2n) is 13.9. The van der Waals surface area contributed by atoms with Crippen molar-refractivity contribution in [1.82, 2.24) is 26.1 Å². The van der Waals surface area contributed by atoms with Crippen molar-refractivity contribution in [2.24, 2.45) is 11.3 Å². The smallest absolute Gasteiger partial charge is 0.407 e. The van der Waals surface area contributed by atoms with Crippen LogP contribution in [0.2, 0.25) is 5.02 Å². The van der Waals surface area contributed by atoms with Crippen molar-refractivity contribution in [3.8, 4) is 11.1 Å². The van der Waals surface area contributed by atoms with Gasteiger partial charge in [-0.1, -0.05) is 68.8 Å². The third-order valence-corrected chi connectivity index (χ3v) is 9.43. The van der Waals surface area contributed by atoms with E-state index in [4.69, 9.17) is 30.5 Å². The van der Waals surface area contributed by atoms with Gasteiger partial charge in [0.1, 0.15) is 18.0 Å². The number of alkyl carbamates (subject to hydrolysis) is 2. The molecule has 0 bridgehead atoms. The van der Waals surface area contributed by atoms with Gasteiger partial charge < -0.3 is 34.7 Å². The van der Waals surface area contributed by atoms with E-state index in [0.29, 0.717) is 13.0 Å². The van der Waals surface area contributed by atoms with Gasteiger partial charge in [0.2, 0.25) is 0 Å². The number of rotatable bonds is 13. The third kappa shape index (κ3) is 10.2. The number of hydrogen-bond donors (Lipinski definition) is 4. The zero-order valence-corrected chi connectivity index (χ0v) is 30.3. The van der Waals surface area contributed by atoms with Gasteiger partial charge in [0.15, 0.2) is 6.29 Å². The van der Waals surface area contributed by atoms with E-state index in [1.807, 2.05) is 36.4 Å². The minimum Gasteiger partial charge on any atom is -0.453 e. The Hall–Kier alpha value is -4.34. The molecule has 5 rings (SSSR count). The molecule has 0 spiro atoms. The number of hydrogen-bond acceptors (Lipinski definition) is 10. The summed E-state index contributed by atoms with van der Waals surface area (Å²) >= 11 is 6.37. The molecule has 13 nitrogen and oxygen atoms in total. The van der Waals surface area contributed by atoms with Crippen molar-refractivity contribution in [3.63, 3.8) is 0 Å². The van der Waals surface area contributed by atoms with E-state index in [-0.39, 0.29) is 42.6 Å². The van der Waals surface area contributed by atoms with Crippen LogP contribution in [0.1, 0.15) is 38.3 Å². The van der Waals surface area contributed by atoms with Crippen molar-refractivity contribution >= 4 is 29.7 Å². The number of hydrazine groups is 1. The molecule has 2 fully saturated rings. The van der Waals surface area contributed by atoms with Crippen molar-refractivity contribution in [3.05, 3.63) is 89.0 Å².